The standard InChI is InChI=1S/C13H19N3O4/c1-8(14)12(18)16(7-6-11(15)13(19)20)9-2-4-10(17)5-3-9/h2-5,8,11,17H,6-7,14-15H2,1H3,(H,19,20)/t8-,11-/m0/s1. The Hall–Kier alpha value is -2.12. The highest BCUT2D eigenvalue weighted by Gasteiger charge is 2.21. The van der Waals surface area contributed by atoms with Gasteiger partial charge in [0.25, 0.3) is 0 Å². The van der Waals surface area contributed by atoms with Crippen molar-refractivity contribution >= 4 is 17.6 Å². The largest absolute Gasteiger partial charge is 0.508 e. The van der Waals surface area contributed by atoms with Gasteiger partial charge in [0, 0.05) is 12.2 Å². The minimum atomic E-state index is -1.12. The number of phenolic OH excluding ortho intramolecular Hbond substituents is 1. The zero-order chi connectivity index (χ0) is 15.3. The molecule has 0 aromatic heterocycles. The van der Waals surface area contributed by atoms with Crippen molar-refractivity contribution < 1.29 is 19.8 Å². The zero-order valence-electron chi connectivity index (χ0n) is 11.2. The van der Waals surface area contributed by atoms with E-state index < -0.39 is 18.1 Å². The Morgan fingerprint density at radius 2 is 1.80 bits per heavy atom. The number of benzene rings is 1. The Labute approximate surface area is 116 Å². The minimum Gasteiger partial charge on any atom is -0.508 e. The summed E-state index contributed by atoms with van der Waals surface area (Å²) in [5.41, 5.74) is 11.5. The summed E-state index contributed by atoms with van der Waals surface area (Å²) in [7, 11) is 0. The van der Waals surface area contributed by atoms with E-state index in [4.69, 9.17) is 16.6 Å². The number of anilines is 1. The van der Waals surface area contributed by atoms with Crippen LogP contribution in [-0.4, -0.2) is 40.7 Å². The zero-order valence-corrected chi connectivity index (χ0v) is 11.2. The van der Waals surface area contributed by atoms with Gasteiger partial charge in [-0.05, 0) is 37.6 Å². The fourth-order valence-electron chi connectivity index (χ4n) is 1.64. The first kappa shape index (κ1) is 15.9. The number of aliphatic carboxylic acids is 1. The molecule has 1 amide bonds. The van der Waals surface area contributed by atoms with Gasteiger partial charge in [0.05, 0.1) is 6.04 Å². The predicted molar refractivity (Wildman–Crippen MR) is 74.3 cm³/mol. The minimum absolute atomic E-state index is 0.0733. The lowest BCUT2D eigenvalue weighted by molar-refractivity contribution is -0.138. The van der Waals surface area contributed by atoms with Crippen molar-refractivity contribution in [1.82, 2.24) is 0 Å². The van der Waals surface area contributed by atoms with E-state index in [1.165, 1.54) is 17.0 Å². The van der Waals surface area contributed by atoms with E-state index >= 15 is 0 Å². The van der Waals surface area contributed by atoms with Crippen LogP contribution in [0.25, 0.3) is 0 Å². The summed E-state index contributed by atoms with van der Waals surface area (Å²) in [5, 5.41) is 18.0. The van der Waals surface area contributed by atoms with Crippen LogP contribution in [0.5, 0.6) is 5.75 Å². The lowest BCUT2D eigenvalue weighted by atomic mass is 10.1. The van der Waals surface area contributed by atoms with Gasteiger partial charge in [-0.2, -0.15) is 0 Å². The van der Waals surface area contributed by atoms with Crippen LogP contribution in [-0.2, 0) is 9.59 Å². The number of rotatable bonds is 6. The van der Waals surface area contributed by atoms with E-state index in [0.717, 1.165) is 0 Å². The molecule has 0 aliphatic heterocycles. The summed E-state index contributed by atoms with van der Waals surface area (Å²) in [5.74, 6) is -1.39. The summed E-state index contributed by atoms with van der Waals surface area (Å²) in [6, 6.07) is 4.23. The molecule has 7 heteroatoms. The number of hydrogen-bond acceptors (Lipinski definition) is 5. The summed E-state index contributed by atoms with van der Waals surface area (Å²) in [6.07, 6.45) is 0.106. The van der Waals surface area contributed by atoms with Gasteiger partial charge in [-0.25, -0.2) is 0 Å². The Kier molecular flexibility index (Phi) is 5.48. The number of aromatic hydroxyl groups is 1. The molecule has 0 saturated carbocycles. The normalized spacial score (nSPS) is 13.6. The highest BCUT2D eigenvalue weighted by molar-refractivity contribution is 5.96. The highest BCUT2D eigenvalue weighted by atomic mass is 16.4. The van der Waals surface area contributed by atoms with Crippen molar-refractivity contribution in [3.8, 4) is 5.75 Å². The smallest absolute Gasteiger partial charge is 0.320 e. The molecule has 0 bridgehead atoms. The second-order valence-electron chi connectivity index (χ2n) is 4.53. The molecular formula is C13H19N3O4. The average molecular weight is 281 g/mol. The van der Waals surface area contributed by atoms with Gasteiger partial charge in [-0.1, -0.05) is 0 Å². The van der Waals surface area contributed by atoms with Gasteiger partial charge in [0.2, 0.25) is 5.91 Å². The van der Waals surface area contributed by atoms with Crippen molar-refractivity contribution in [3.63, 3.8) is 0 Å². The molecule has 1 aromatic rings. The van der Waals surface area contributed by atoms with Gasteiger partial charge in [-0.15, -0.1) is 0 Å². The monoisotopic (exact) mass is 281 g/mol. The summed E-state index contributed by atoms with van der Waals surface area (Å²) >= 11 is 0. The van der Waals surface area contributed by atoms with Gasteiger partial charge >= 0.3 is 5.97 Å². The van der Waals surface area contributed by atoms with E-state index in [-0.39, 0.29) is 24.6 Å². The summed E-state index contributed by atoms with van der Waals surface area (Å²) in [4.78, 5) is 24.1. The first-order valence-corrected chi connectivity index (χ1v) is 6.17. The molecule has 6 N–H and O–H groups in total. The molecule has 2 atom stereocenters. The van der Waals surface area contributed by atoms with Crippen molar-refractivity contribution in [2.45, 2.75) is 25.4 Å². The third kappa shape index (κ3) is 4.22. The molecule has 1 aromatic carbocycles. The third-order valence-electron chi connectivity index (χ3n) is 2.80. The van der Waals surface area contributed by atoms with Gasteiger partial charge in [0.15, 0.2) is 0 Å². The van der Waals surface area contributed by atoms with Crippen molar-refractivity contribution in [2.75, 3.05) is 11.4 Å². The topological polar surface area (TPSA) is 130 Å². The lowest BCUT2D eigenvalue weighted by Gasteiger charge is -2.25. The van der Waals surface area contributed by atoms with Crippen LogP contribution in [0.2, 0.25) is 0 Å². The molecule has 0 unspecified atom stereocenters. The SMILES string of the molecule is C[C@H](N)C(=O)N(CC[C@H](N)C(=O)O)c1ccc(O)cc1. The van der Waals surface area contributed by atoms with E-state index in [1.807, 2.05) is 0 Å². The number of nitrogens with zero attached hydrogens (tertiary/aromatic N) is 1. The number of carbonyl (C=O) groups is 2. The van der Waals surface area contributed by atoms with Crippen molar-refractivity contribution in [1.29, 1.82) is 0 Å². The summed E-state index contributed by atoms with van der Waals surface area (Å²) < 4.78 is 0. The molecule has 7 nitrogen and oxygen atoms in total. The molecular weight excluding hydrogens is 262 g/mol. The van der Waals surface area contributed by atoms with E-state index in [2.05, 4.69) is 0 Å². The third-order valence-corrected chi connectivity index (χ3v) is 2.80. The second-order valence-corrected chi connectivity index (χ2v) is 4.53. The van der Waals surface area contributed by atoms with Crippen molar-refractivity contribution in [2.24, 2.45) is 11.5 Å². The Morgan fingerprint density at radius 3 is 2.25 bits per heavy atom. The number of phenols is 1. The molecule has 0 heterocycles. The average Bonchev–Trinajstić information content (AvgIpc) is 2.40. The first-order chi connectivity index (χ1) is 9.32. The van der Waals surface area contributed by atoms with Crippen LogP contribution >= 0.6 is 0 Å². The predicted octanol–water partition coefficient (Wildman–Crippen LogP) is -0.126. The van der Waals surface area contributed by atoms with Crippen LogP contribution in [0.3, 0.4) is 0 Å². The van der Waals surface area contributed by atoms with Gasteiger partial charge in [-0.3, -0.25) is 9.59 Å². The van der Waals surface area contributed by atoms with Gasteiger partial charge in [0.1, 0.15) is 11.8 Å². The Balaban J connectivity index is 2.88. The summed E-state index contributed by atoms with van der Waals surface area (Å²) in [6.45, 7) is 1.69. The Morgan fingerprint density at radius 1 is 1.25 bits per heavy atom. The number of hydrogen-bond donors (Lipinski definition) is 4. The molecule has 0 aliphatic rings. The van der Waals surface area contributed by atoms with Crippen LogP contribution in [0.1, 0.15) is 13.3 Å². The van der Waals surface area contributed by atoms with E-state index in [1.54, 1.807) is 19.1 Å². The molecule has 0 fully saturated rings. The maximum Gasteiger partial charge on any atom is 0.320 e. The quantitative estimate of drug-likeness (QED) is 0.575. The second kappa shape index (κ2) is 6.88. The molecule has 0 spiro atoms. The van der Waals surface area contributed by atoms with Crippen LogP contribution in [0, 0.1) is 0 Å². The maximum atomic E-state index is 12.1. The molecule has 110 valence electrons. The molecule has 0 aliphatic carbocycles. The van der Waals surface area contributed by atoms with Crippen molar-refractivity contribution in [3.05, 3.63) is 24.3 Å². The fraction of sp³-hybridized carbons (Fsp3) is 0.385. The van der Waals surface area contributed by atoms with Crippen LogP contribution in [0.4, 0.5) is 5.69 Å². The highest BCUT2D eigenvalue weighted by Crippen LogP contribution is 2.19. The number of carbonyl (C=O) groups excluding carboxylic acids is 1. The van der Waals surface area contributed by atoms with E-state index in [9.17, 15) is 14.7 Å². The number of carboxylic acid groups (broad SMARTS) is 1. The molecule has 0 radical (unpaired) electrons. The lowest BCUT2D eigenvalue weighted by Crippen LogP contribution is -2.44. The van der Waals surface area contributed by atoms with Crippen LogP contribution in [0.15, 0.2) is 24.3 Å². The molecule has 1 rings (SSSR count). The Bertz CT molecular complexity index is 473. The first-order valence-electron chi connectivity index (χ1n) is 6.17. The number of carboxylic acids is 1. The number of amides is 1. The fourth-order valence-corrected chi connectivity index (χ4v) is 1.64. The van der Waals surface area contributed by atoms with E-state index in [0.29, 0.717) is 5.69 Å². The molecule has 0 saturated heterocycles. The number of nitrogens with two attached hydrogens (primary N) is 2. The maximum absolute atomic E-state index is 12.1. The van der Waals surface area contributed by atoms with Gasteiger partial charge < -0.3 is 26.6 Å². The molecule has 20 heavy (non-hydrogen) atoms. The van der Waals surface area contributed by atoms with Crippen LogP contribution < -0.4 is 16.4 Å².